The number of methoxy groups -OCH3 is 3. The first-order valence-electron chi connectivity index (χ1n) is 10.5. The molecule has 174 valence electrons. The number of ether oxygens (including phenoxy) is 5. The lowest BCUT2D eigenvalue weighted by molar-refractivity contribution is -0.141. The van der Waals surface area contributed by atoms with Crippen molar-refractivity contribution in [2.24, 2.45) is 0 Å². The molecule has 0 spiro atoms. The molecule has 0 fully saturated rings. The number of esters is 1. The molecular formula is C24H31NO7. The number of amides is 1. The van der Waals surface area contributed by atoms with E-state index in [1.54, 1.807) is 36.4 Å². The molecule has 0 aromatic heterocycles. The van der Waals surface area contributed by atoms with E-state index in [-0.39, 0.29) is 12.3 Å². The monoisotopic (exact) mass is 445 g/mol. The lowest BCUT2D eigenvalue weighted by Crippen LogP contribution is -2.30. The Hall–Kier alpha value is -3.42. The molecule has 0 bridgehead atoms. The van der Waals surface area contributed by atoms with Crippen LogP contribution in [-0.4, -0.2) is 46.4 Å². The summed E-state index contributed by atoms with van der Waals surface area (Å²) < 4.78 is 26.8. The van der Waals surface area contributed by atoms with Crippen molar-refractivity contribution in [3.63, 3.8) is 0 Å². The van der Waals surface area contributed by atoms with Crippen molar-refractivity contribution in [2.45, 2.75) is 32.7 Å². The van der Waals surface area contributed by atoms with E-state index in [0.29, 0.717) is 47.3 Å². The standard InChI is InChI=1S/C24H31NO7/c1-6-12-32-20-11-9-17(14-22(20)31-7-2)24(27)25-18(15-23(26)30-5)16-8-10-19(28-3)21(13-16)29-4/h8-11,13-14,18H,6-7,12,15H2,1-5H3,(H,25,27). The average Bonchev–Trinajstić information content (AvgIpc) is 2.82. The molecule has 1 N–H and O–H groups in total. The summed E-state index contributed by atoms with van der Waals surface area (Å²) in [5, 5.41) is 2.90. The second-order valence-corrected chi connectivity index (χ2v) is 6.86. The normalized spacial score (nSPS) is 11.3. The molecule has 2 rings (SSSR count). The van der Waals surface area contributed by atoms with Gasteiger partial charge in [-0.05, 0) is 49.2 Å². The predicted octanol–water partition coefficient (Wildman–Crippen LogP) is 3.93. The lowest BCUT2D eigenvalue weighted by Gasteiger charge is -2.20. The first-order valence-corrected chi connectivity index (χ1v) is 10.5. The minimum absolute atomic E-state index is 0.0479. The predicted molar refractivity (Wildman–Crippen MR) is 120 cm³/mol. The van der Waals surface area contributed by atoms with E-state index < -0.39 is 12.0 Å². The molecule has 0 aliphatic rings. The Morgan fingerprint density at radius 3 is 2.22 bits per heavy atom. The number of hydrogen-bond acceptors (Lipinski definition) is 7. The minimum atomic E-state index is -0.638. The zero-order valence-electron chi connectivity index (χ0n) is 19.2. The van der Waals surface area contributed by atoms with Crippen molar-refractivity contribution in [3.8, 4) is 23.0 Å². The van der Waals surface area contributed by atoms with E-state index in [0.717, 1.165) is 6.42 Å². The van der Waals surface area contributed by atoms with Gasteiger partial charge in [-0.15, -0.1) is 0 Å². The van der Waals surface area contributed by atoms with Crippen molar-refractivity contribution >= 4 is 11.9 Å². The van der Waals surface area contributed by atoms with E-state index in [2.05, 4.69) is 5.32 Å². The zero-order chi connectivity index (χ0) is 23.5. The quantitative estimate of drug-likeness (QED) is 0.495. The van der Waals surface area contributed by atoms with Crippen molar-refractivity contribution in [1.82, 2.24) is 5.32 Å². The second-order valence-electron chi connectivity index (χ2n) is 6.86. The first kappa shape index (κ1) is 24.8. The third-order valence-electron chi connectivity index (χ3n) is 4.68. The highest BCUT2D eigenvalue weighted by Gasteiger charge is 2.22. The van der Waals surface area contributed by atoms with Crippen molar-refractivity contribution in [1.29, 1.82) is 0 Å². The van der Waals surface area contributed by atoms with Crippen LogP contribution in [0.15, 0.2) is 36.4 Å². The molecule has 2 aromatic carbocycles. The number of carbonyl (C=O) groups is 2. The minimum Gasteiger partial charge on any atom is -0.493 e. The Kier molecular flexibility index (Phi) is 9.66. The molecule has 0 heterocycles. The van der Waals surface area contributed by atoms with Gasteiger partial charge >= 0.3 is 5.97 Å². The van der Waals surface area contributed by atoms with E-state index in [4.69, 9.17) is 23.7 Å². The maximum absolute atomic E-state index is 13.0. The number of benzene rings is 2. The van der Waals surface area contributed by atoms with Crippen molar-refractivity contribution in [2.75, 3.05) is 34.5 Å². The van der Waals surface area contributed by atoms with Gasteiger partial charge in [-0.2, -0.15) is 0 Å². The molecular weight excluding hydrogens is 414 g/mol. The summed E-state index contributed by atoms with van der Waals surface area (Å²) in [5.74, 6) is 1.29. The zero-order valence-corrected chi connectivity index (χ0v) is 19.2. The van der Waals surface area contributed by atoms with Crippen LogP contribution in [0.2, 0.25) is 0 Å². The maximum Gasteiger partial charge on any atom is 0.307 e. The molecule has 8 nitrogen and oxygen atoms in total. The van der Waals surface area contributed by atoms with Crippen LogP contribution in [0.4, 0.5) is 0 Å². The van der Waals surface area contributed by atoms with E-state index in [1.165, 1.54) is 21.3 Å². The van der Waals surface area contributed by atoms with Gasteiger partial charge in [-0.1, -0.05) is 13.0 Å². The van der Waals surface area contributed by atoms with Crippen LogP contribution >= 0.6 is 0 Å². The lowest BCUT2D eigenvalue weighted by atomic mass is 10.0. The summed E-state index contributed by atoms with van der Waals surface area (Å²) in [5.41, 5.74) is 1.06. The molecule has 0 saturated heterocycles. The van der Waals surface area contributed by atoms with Crippen LogP contribution in [0.1, 0.15) is 48.7 Å². The summed E-state index contributed by atoms with van der Waals surface area (Å²) in [6.45, 7) is 4.86. The van der Waals surface area contributed by atoms with Crippen molar-refractivity contribution in [3.05, 3.63) is 47.5 Å². The molecule has 0 aliphatic heterocycles. The smallest absolute Gasteiger partial charge is 0.307 e. The van der Waals surface area contributed by atoms with Crippen LogP contribution in [0.3, 0.4) is 0 Å². The number of nitrogens with one attached hydrogen (secondary N) is 1. The third-order valence-corrected chi connectivity index (χ3v) is 4.68. The van der Waals surface area contributed by atoms with Gasteiger partial charge in [0.1, 0.15) is 0 Å². The van der Waals surface area contributed by atoms with Crippen LogP contribution in [-0.2, 0) is 9.53 Å². The molecule has 1 atom stereocenters. The van der Waals surface area contributed by atoms with Gasteiger partial charge in [0, 0.05) is 5.56 Å². The Morgan fingerprint density at radius 2 is 1.59 bits per heavy atom. The first-order chi connectivity index (χ1) is 15.5. The van der Waals surface area contributed by atoms with Crippen LogP contribution in [0, 0.1) is 0 Å². The Labute approximate surface area is 188 Å². The summed E-state index contributed by atoms with van der Waals surface area (Å²) >= 11 is 0. The van der Waals surface area contributed by atoms with Gasteiger partial charge in [0.25, 0.3) is 5.91 Å². The van der Waals surface area contributed by atoms with Crippen LogP contribution in [0.25, 0.3) is 0 Å². The van der Waals surface area contributed by atoms with Gasteiger partial charge in [0.05, 0.1) is 47.0 Å². The second kappa shape index (κ2) is 12.4. The Morgan fingerprint density at radius 1 is 0.875 bits per heavy atom. The average molecular weight is 446 g/mol. The summed E-state index contributed by atoms with van der Waals surface area (Å²) in [4.78, 5) is 25.1. The number of carbonyl (C=O) groups excluding carboxylic acids is 2. The van der Waals surface area contributed by atoms with Gasteiger partial charge in [-0.3, -0.25) is 9.59 Å². The Bertz CT molecular complexity index is 913. The molecule has 32 heavy (non-hydrogen) atoms. The third kappa shape index (κ3) is 6.54. The highest BCUT2D eigenvalue weighted by molar-refractivity contribution is 5.95. The van der Waals surface area contributed by atoms with E-state index in [1.807, 2.05) is 13.8 Å². The molecule has 0 saturated carbocycles. The highest BCUT2D eigenvalue weighted by atomic mass is 16.5. The molecule has 8 heteroatoms. The van der Waals surface area contributed by atoms with Crippen LogP contribution < -0.4 is 24.3 Å². The van der Waals surface area contributed by atoms with Gasteiger partial charge in [0.2, 0.25) is 0 Å². The van der Waals surface area contributed by atoms with Crippen molar-refractivity contribution < 1.29 is 33.3 Å². The highest BCUT2D eigenvalue weighted by Crippen LogP contribution is 2.32. The molecule has 0 radical (unpaired) electrons. The van der Waals surface area contributed by atoms with Crippen LogP contribution in [0.5, 0.6) is 23.0 Å². The largest absolute Gasteiger partial charge is 0.493 e. The summed E-state index contributed by atoms with van der Waals surface area (Å²) in [7, 11) is 4.36. The number of rotatable bonds is 12. The number of hydrogen-bond donors (Lipinski definition) is 1. The fourth-order valence-electron chi connectivity index (χ4n) is 3.06. The molecule has 1 unspecified atom stereocenters. The molecule has 1 amide bonds. The van der Waals surface area contributed by atoms with E-state index >= 15 is 0 Å². The fraction of sp³-hybridized carbons (Fsp3) is 0.417. The fourth-order valence-corrected chi connectivity index (χ4v) is 3.06. The maximum atomic E-state index is 13.0. The molecule has 0 aliphatic carbocycles. The SMILES string of the molecule is CCCOc1ccc(C(=O)NC(CC(=O)OC)c2ccc(OC)c(OC)c2)cc1OCC. The van der Waals surface area contributed by atoms with E-state index in [9.17, 15) is 9.59 Å². The molecule has 2 aromatic rings. The Balaban J connectivity index is 2.32. The summed E-state index contributed by atoms with van der Waals surface area (Å²) in [6.07, 6.45) is 0.808. The van der Waals surface area contributed by atoms with Gasteiger partial charge in [-0.25, -0.2) is 0 Å². The topological polar surface area (TPSA) is 92.3 Å². The van der Waals surface area contributed by atoms with Gasteiger partial charge in [0.15, 0.2) is 23.0 Å². The van der Waals surface area contributed by atoms with Gasteiger partial charge < -0.3 is 29.0 Å². The summed E-state index contributed by atoms with van der Waals surface area (Å²) in [6, 6.07) is 9.57.